The summed E-state index contributed by atoms with van der Waals surface area (Å²) in [5.41, 5.74) is 1.77. The van der Waals surface area contributed by atoms with Gasteiger partial charge in [0.25, 0.3) is 0 Å². The summed E-state index contributed by atoms with van der Waals surface area (Å²) in [5, 5.41) is 9.10. The maximum absolute atomic E-state index is 14.0. The van der Waals surface area contributed by atoms with Gasteiger partial charge in [-0.25, -0.2) is 18.6 Å². The van der Waals surface area contributed by atoms with Crippen LogP contribution < -0.4 is 4.72 Å². The third-order valence-electron chi connectivity index (χ3n) is 3.68. The maximum atomic E-state index is 14.0. The minimum atomic E-state index is -1.68. The molecule has 0 aliphatic rings. The SMILES string of the molecule is Cc1nc(NS(=O)c2c[nH]c3c(F)c(Cl)ccc23)ncc1CCC#N. The second kappa shape index (κ2) is 7.17. The predicted molar refractivity (Wildman–Crippen MR) is 94.0 cm³/mol. The van der Waals surface area contributed by atoms with Crippen LogP contribution in [0.4, 0.5) is 10.3 Å². The van der Waals surface area contributed by atoms with Gasteiger partial charge in [0.2, 0.25) is 5.95 Å². The van der Waals surface area contributed by atoms with Gasteiger partial charge < -0.3 is 4.98 Å². The average Bonchev–Trinajstić information content (AvgIpc) is 3.02. The van der Waals surface area contributed by atoms with Crippen molar-refractivity contribution in [2.45, 2.75) is 24.7 Å². The lowest BCUT2D eigenvalue weighted by Crippen LogP contribution is -2.09. The second-order valence-electron chi connectivity index (χ2n) is 5.27. The van der Waals surface area contributed by atoms with Crippen molar-refractivity contribution in [2.24, 2.45) is 0 Å². The molecular weight excluding hydrogens is 365 g/mol. The molecule has 0 amide bonds. The number of aryl methyl sites for hydroxylation is 2. The zero-order valence-electron chi connectivity index (χ0n) is 13.1. The van der Waals surface area contributed by atoms with Crippen LogP contribution in [0.15, 0.2) is 29.4 Å². The van der Waals surface area contributed by atoms with Gasteiger partial charge in [-0.3, -0.25) is 4.72 Å². The predicted octanol–water partition coefficient (Wildman–Crippen LogP) is 3.65. The van der Waals surface area contributed by atoms with Gasteiger partial charge >= 0.3 is 0 Å². The summed E-state index contributed by atoms with van der Waals surface area (Å²) in [6.07, 6.45) is 4.01. The van der Waals surface area contributed by atoms with E-state index < -0.39 is 16.8 Å². The van der Waals surface area contributed by atoms with E-state index in [1.165, 1.54) is 12.3 Å². The lowest BCUT2D eigenvalue weighted by molar-refractivity contribution is 0.638. The van der Waals surface area contributed by atoms with Gasteiger partial charge in [0, 0.05) is 29.9 Å². The standard InChI is InChI=1S/C16H13ClFN5OS/c1-9-10(3-2-6-19)7-21-16(22-9)23-25(24)13-8-20-15-11(13)4-5-12(17)14(15)18/h4-5,7-8,20H,2-3H2,1H3,(H,21,22,23). The van der Waals surface area contributed by atoms with Crippen LogP contribution in [0.2, 0.25) is 5.02 Å². The Bertz CT molecular complexity index is 1010. The molecule has 0 aliphatic carbocycles. The van der Waals surface area contributed by atoms with E-state index in [1.54, 1.807) is 19.2 Å². The molecule has 9 heteroatoms. The van der Waals surface area contributed by atoms with Crippen molar-refractivity contribution in [2.75, 3.05) is 4.72 Å². The van der Waals surface area contributed by atoms with Crippen LogP contribution in [0, 0.1) is 24.1 Å². The summed E-state index contributed by atoms with van der Waals surface area (Å²) < 4.78 is 29.2. The van der Waals surface area contributed by atoms with Crippen LogP contribution in [-0.2, 0) is 17.4 Å². The molecule has 0 aliphatic heterocycles. The van der Waals surface area contributed by atoms with Crippen LogP contribution in [0.3, 0.4) is 0 Å². The molecule has 2 aromatic heterocycles. The first-order valence-electron chi connectivity index (χ1n) is 7.34. The van der Waals surface area contributed by atoms with Crippen LogP contribution in [0.5, 0.6) is 0 Å². The number of H-pyrrole nitrogens is 1. The first kappa shape index (κ1) is 17.3. The van der Waals surface area contributed by atoms with E-state index in [0.717, 1.165) is 5.56 Å². The molecule has 1 aromatic carbocycles. The van der Waals surface area contributed by atoms with Crippen molar-refractivity contribution in [3.05, 3.63) is 46.6 Å². The van der Waals surface area contributed by atoms with E-state index in [-0.39, 0.29) is 16.5 Å². The lowest BCUT2D eigenvalue weighted by Gasteiger charge is -2.07. The number of aromatic nitrogens is 3. The van der Waals surface area contributed by atoms with Gasteiger partial charge in [0.15, 0.2) is 16.8 Å². The summed E-state index contributed by atoms with van der Waals surface area (Å²) in [6, 6.07) is 5.09. The molecular formula is C16H13ClFN5OS. The Morgan fingerprint density at radius 1 is 1.48 bits per heavy atom. The van der Waals surface area contributed by atoms with Gasteiger partial charge in [0.05, 0.1) is 21.5 Å². The van der Waals surface area contributed by atoms with Crippen molar-refractivity contribution in [3.8, 4) is 6.07 Å². The van der Waals surface area contributed by atoms with Crippen LogP contribution in [0.1, 0.15) is 17.7 Å². The molecule has 1 atom stereocenters. The van der Waals surface area contributed by atoms with E-state index >= 15 is 0 Å². The highest BCUT2D eigenvalue weighted by Crippen LogP contribution is 2.28. The summed E-state index contributed by atoms with van der Waals surface area (Å²) in [5.74, 6) is -0.392. The molecule has 25 heavy (non-hydrogen) atoms. The molecule has 0 spiro atoms. The first-order chi connectivity index (χ1) is 12.0. The zero-order valence-corrected chi connectivity index (χ0v) is 14.7. The topological polar surface area (TPSA) is 94.5 Å². The largest absolute Gasteiger partial charge is 0.357 e. The van der Waals surface area contributed by atoms with Crippen molar-refractivity contribution in [3.63, 3.8) is 0 Å². The Hall–Kier alpha value is -2.50. The highest BCUT2D eigenvalue weighted by atomic mass is 35.5. The summed E-state index contributed by atoms with van der Waals surface area (Å²) in [4.78, 5) is 11.5. The lowest BCUT2D eigenvalue weighted by atomic mass is 10.1. The fraction of sp³-hybridized carbons (Fsp3) is 0.188. The van der Waals surface area contributed by atoms with Crippen molar-refractivity contribution >= 4 is 39.4 Å². The van der Waals surface area contributed by atoms with E-state index in [4.69, 9.17) is 16.9 Å². The number of hydrogen-bond donors (Lipinski definition) is 2. The number of aromatic amines is 1. The maximum Gasteiger partial charge on any atom is 0.235 e. The summed E-state index contributed by atoms with van der Waals surface area (Å²) >= 11 is 5.75. The number of fused-ring (bicyclic) bond motifs is 1. The number of rotatable bonds is 5. The molecule has 2 N–H and O–H groups in total. The van der Waals surface area contributed by atoms with Crippen LogP contribution in [0.25, 0.3) is 10.9 Å². The molecule has 1 unspecified atom stereocenters. The minimum Gasteiger partial charge on any atom is -0.357 e. The fourth-order valence-electron chi connectivity index (χ4n) is 2.38. The molecule has 3 rings (SSSR count). The van der Waals surface area contributed by atoms with E-state index in [1.807, 2.05) is 0 Å². The molecule has 0 saturated heterocycles. The van der Waals surface area contributed by atoms with Crippen LogP contribution in [-0.4, -0.2) is 19.2 Å². The number of halogens is 2. The Kier molecular flexibility index (Phi) is 4.97. The van der Waals surface area contributed by atoms with Gasteiger partial charge in [-0.2, -0.15) is 5.26 Å². The van der Waals surface area contributed by atoms with Crippen molar-refractivity contribution in [1.29, 1.82) is 5.26 Å². The zero-order chi connectivity index (χ0) is 18.0. The Labute approximate surface area is 150 Å². The minimum absolute atomic E-state index is 0.00782. The molecule has 0 radical (unpaired) electrons. The number of nitrogens with one attached hydrogen (secondary N) is 2. The van der Waals surface area contributed by atoms with Crippen molar-refractivity contribution < 1.29 is 8.60 Å². The second-order valence-corrected chi connectivity index (χ2v) is 6.86. The molecule has 2 heterocycles. The molecule has 0 saturated carbocycles. The van der Waals surface area contributed by atoms with Gasteiger partial charge in [-0.05, 0) is 31.0 Å². The number of anilines is 1. The highest BCUT2D eigenvalue weighted by Gasteiger charge is 2.16. The van der Waals surface area contributed by atoms with Gasteiger partial charge in [-0.1, -0.05) is 11.6 Å². The fourth-order valence-corrected chi connectivity index (χ4v) is 3.45. The number of nitriles is 1. The third-order valence-corrected chi connectivity index (χ3v) is 5.08. The molecule has 6 nitrogen and oxygen atoms in total. The normalized spacial score (nSPS) is 12.1. The third kappa shape index (κ3) is 3.48. The number of hydrogen-bond acceptors (Lipinski definition) is 4. The molecule has 0 fully saturated rings. The molecule has 128 valence electrons. The van der Waals surface area contributed by atoms with E-state index in [0.29, 0.717) is 28.8 Å². The first-order valence-corrected chi connectivity index (χ1v) is 8.87. The van der Waals surface area contributed by atoms with Gasteiger partial charge in [-0.15, -0.1) is 0 Å². The number of nitrogens with zero attached hydrogens (tertiary/aromatic N) is 3. The molecule has 3 aromatic rings. The summed E-state index contributed by atoms with van der Waals surface area (Å²) in [6.45, 7) is 1.80. The van der Waals surface area contributed by atoms with Gasteiger partial charge in [0.1, 0.15) is 0 Å². The number of benzene rings is 1. The Morgan fingerprint density at radius 3 is 3.00 bits per heavy atom. The summed E-state index contributed by atoms with van der Waals surface area (Å²) in [7, 11) is -1.68. The Morgan fingerprint density at radius 2 is 2.28 bits per heavy atom. The van der Waals surface area contributed by atoms with Crippen molar-refractivity contribution in [1.82, 2.24) is 15.0 Å². The quantitative estimate of drug-likeness (QED) is 0.709. The monoisotopic (exact) mass is 377 g/mol. The van der Waals surface area contributed by atoms with E-state index in [2.05, 4.69) is 25.7 Å². The highest BCUT2D eigenvalue weighted by molar-refractivity contribution is 7.86. The average molecular weight is 378 g/mol. The van der Waals surface area contributed by atoms with E-state index in [9.17, 15) is 8.60 Å². The molecule has 0 bridgehead atoms. The smallest absolute Gasteiger partial charge is 0.235 e. The Balaban J connectivity index is 1.85. The van der Waals surface area contributed by atoms with Crippen LogP contribution >= 0.6 is 11.6 Å².